The number of hydrogen-bond acceptors (Lipinski definition) is 5. The van der Waals surface area contributed by atoms with Crippen LogP contribution in [0.25, 0.3) is 11.1 Å². The van der Waals surface area contributed by atoms with Gasteiger partial charge in [-0.25, -0.2) is 4.79 Å². The van der Waals surface area contributed by atoms with Gasteiger partial charge in [-0.05, 0) is 54.9 Å². The molecule has 6 nitrogen and oxygen atoms in total. The molecule has 0 fully saturated rings. The Morgan fingerprint density at radius 2 is 1.96 bits per heavy atom. The van der Waals surface area contributed by atoms with Crippen LogP contribution in [0.5, 0.6) is 0 Å². The average molecular weight is 404 g/mol. The lowest BCUT2D eigenvalue weighted by Gasteiger charge is -2.08. The average Bonchev–Trinajstić information content (AvgIpc) is 3.14. The molecule has 0 amide bonds. The Morgan fingerprint density at radius 1 is 1.33 bits per heavy atom. The highest BCUT2D eigenvalue weighted by molar-refractivity contribution is 7.71. The number of nitrogens with zero attached hydrogens (tertiary/aromatic N) is 1. The molecule has 142 valence electrons. The van der Waals surface area contributed by atoms with Gasteiger partial charge >= 0.3 is 5.97 Å². The molecular formula is C19H21N3O3S2. The van der Waals surface area contributed by atoms with Gasteiger partial charge in [-0.2, -0.15) is 5.26 Å². The topological polar surface area (TPSA) is 110 Å². The summed E-state index contributed by atoms with van der Waals surface area (Å²) in [5.74, 6) is -0.969. The molecule has 0 saturated carbocycles. The number of aromatic carboxylic acids is 1. The van der Waals surface area contributed by atoms with E-state index in [2.05, 4.69) is 9.97 Å². The van der Waals surface area contributed by atoms with Crippen molar-refractivity contribution in [3.05, 3.63) is 60.4 Å². The van der Waals surface area contributed by atoms with Crippen LogP contribution in [0.4, 0.5) is 0 Å². The van der Waals surface area contributed by atoms with Gasteiger partial charge in [0, 0.05) is 4.88 Å². The maximum absolute atomic E-state index is 11.9. The number of H-pyrrole nitrogens is 2. The number of carbonyl (C=O) groups is 1. The maximum Gasteiger partial charge on any atom is 0.345 e. The minimum atomic E-state index is -0.969. The molecular weight excluding hydrogens is 382 g/mol. The third-order valence-corrected chi connectivity index (χ3v) is 4.85. The number of carboxylic acid groups (broad SMARTS) is 1. The van der Waals surface area contributed by atoms with Crippen LogP contribution in [0.1, 0.15) is 59.9 Å². The molecule has 0 aliphatic carbocycles. The molecule has 0 aromatic carbocycles. The van der Waals surface area contributed by atoms with E-state index in [1.165, 1.54) is 11.3 Å². The Kier molecular flexibility index (Phi) is 8.59. The van der Waals surface area contributed by atoms with Crippen molar-refractivity contribution in [2.75, 3.05) is 0 Å². The lowest BCUT2D eigenvalue weighted by atomic mass is 10.0. The number of thiophene rings is 1. The van der Waals surface area contributed by atoms with Crippen molar-refractivity contribution in [2.45, 2.75) is 34.1 Å². The fraction of sp³-hybridized carbons (Fsp3) is 0.263. The van der Waals surface area contributed by atoms with Gasteiger partial charge in [0.05, 0.1) is 5.69 Å². The molecule has 3 N–H and O–H groups in total. The van der Waals surface area contributed by atoms with Crippen LogP contribution < -0.4 is 5.56 Å². The summed E-state index contributed by atoms with van der Waals surface area (Å²) in [7, 11) is 0. The second-order valence-corrected chi connectivity index (χ2v) is 6.50. The molecule has 0 unspecified atom stereocenters. The van der Waals surface area contributed by atoms with Crippen LogP contribution in [0.3, 0.4) is 0 Å². The molecule has 27 heavy (non-hydrogen) atoms. The van der Waals surface area contributed by atoms with Gasteiger partial charge in [-0.3, -0.25) is 9.78 Å². The summed E-state index contributed by atoms with van der Waals surface area (Å²) in [4.78, 5) is 29.3. The predicted octanol–water partition coefficient (Wildman–Crippen LogP) is 4.99. The third kappa shape index (κ3) is 5.36. The Hall–Kier alpha value is -2.76. The Balaban J connectivity index is 0.00000176. The molecule has 2 aromatic heterocycles. The van der Waals surface area contributed by atoms with E-state index in [-0.39, 0.29) is 15.2 Å². The van der Waals surface area contributed by atoms with Crippen LogP contribution in [0, 0.1) is 16.1 Å². The van der Waals surface area contributed by atoms with Gasteiger partial charge in [0.15, 0.2) is 4.77 Å². The molecule has 8 heteroatoms. The summed E-state index contributed by atoms with van der Waals surface area (Å²) >= 11 is 6.18. The molecule has 0 radical (unpaired) electrons. The fourth-order valence-electron chi connectivity index (χ4n) is 2.27. The molecule has 0 spiro atoms. The summed E-state index contributed by atoms with van der Waals surface area (Å²) < 4.78 is 0.133. The van der Waals surface area contributed by atoms with Crippen LogP contribution in [0.15, 0.2) is 29.1 Å². The quantitative estimate of drug-likeness (QED) is 0.481. The standard InChI is InChI=1S/C17H15N3O3S2.C2H6/c1-3-9(12-5-6-13(25-12)16(22)23)7-10(4-2)14-11(8-18)15(21)20-17(24)19-14;1-2/h4-7H,3H2,1-2H3,(H,22,23)(H2,19,20,21,24);1-2H3/b9-7+,10-4+;. The second kappa shape index (κ2) is 10.4. The van der Waals surface area contributed by atoms with Gasteiger partial charge in [-0.1, -0.05) is 26.8 Å². The lowest BCUT2D eigenvalue weighted by molar-refractivity contribution is 0.0702. The Morgan fingerprint density at radius 3 is 2.44 bits per heavy atom. The van der Waals surface area contributed by atoms with Crippen LogP contribution in [-0.2, 0) is 0 Å². The van der Waals surface area contributed by atoms with E-state index in [1.54, 1.807) is 25.1 Å². The summed E-state index contributed by atoms with van der Waals surface area (Å²) in [6.07, 6.45) is 4.25. The minimum Gasteiger partial charge on any atom is -0.477 e. The first kappa shape index (κ1) is 22.3. The number of aromatic amines is 2. The highest BCUT2D eigenvalue weighted by Crippen LogP contribution is 2.29. The highest BCUT2D eigenvalue weighted by Gasteiger charge is 2.13. The predicted molar refractivity (Wildman–Crippen MR) is 112 cm³/mol. The second-order valence-electron chi connectivity index (χ2n) is 5.01. The van der Waals surface area contributed by atoms with Gasteiger partial charge < -0.3 is 10.1 Å². The number of hydrogen-bond donors (Lipinski definition) is 3. The van der Waals surface area contributed by atoms with Crippen LogP contribution >= 0.6 is 23.6 Å². The van der Waals surface area contributed by atoms with Crippen LogP contribution in [-0.4, -0.2) is 21.0 Å². The van der Waals surface area contributed by atoms with E-state index in [4.69, 9.17) is 17.3 Å². The molecule has 2 aromatic rings. The SMILES string of the molecule is C/C=C(\C=C(/CC)c1ccc(C(=O)O)s1)c1[nH]c(=S)[nH]c(=O)c1C#N.CC. The number of nitrogens with one attached hydrogen (secondary N) is 2. The zero-order valence-corrected chi connectivity index (χ0v) is 17.2. The first-order valence-electron chi connectivity index (χ1n) is 8.38. The van der Waals surface area contributed by atoms with E-state index in [0.717, 1.165) is 10.5 Å². The smallest absolute Gasteiger partial charge is 0.345 e. The van der Waals surface area contributed by atoms with Crippen molar-refractivity contribution in [1.82, 2.24) is 9.97 Å². The zero-order valence-electron chi connectivity index (χ0n) is 15.5. The maximum atomic E-state index is 11.9. The molecule has 0 atom stereocenters. The number of nitriles is 1. The first-order chi connectivity index (χ1) is 12.9. The number of allylic oxidation sites excluding steroid dienone is 4. The molecule has 2 rings (SSSR count). The van der Waals surface area contributed by atoms with Crippen molar-refractivity contribution in [3.63, 3.8) is 0 Å². The van der Waals surface area contributed by atoms with E-state index in [1.807, 2.05) is 32.9 Å². The Labute approximate surface area is 166 Å². The van der Waals surface area contributed by atoms with E-state index >= 15 is 0 Å². The molecule has 0 aliphatic heterocycles. The van der Waals surface area contributed by atoms with Crippen molar-refractivity contribution in [3.8, 4) is 6.07 Å². The van der Waals surface area contributed by atoms with Crippen molar-refractivity contribution < 1.29 is 9.90 Å². The van der Waals surface area contributed by atoms with Gasteiger partial charge in [-0.15, -0.1) is 11.3 Å². The number of carboxylic acids is 1. The van der Waals surface area contributed by atoms with E-state index in [0.29, 0.717) is 17.7 Å². The monoisotopic (exact) mass is 403 g/mol. The van der Waals surface area contributed by atoms with Crippen molar-refractivity contribution in [2.24, 2.45) is 0 Å². The van der Waals surface area contributed by atoms with Gasteiger partial charge in [0.1, 0.15) is 16.5 Å². The summed E-state index contributed by atoms with van der Waals surface area (Å²) in [6.45, 7) is 7.74. The van der Waals surface area contributed by atoms with Gasteiger partial charge in [0.25, 0.3) is 5.56 Å². The van der Waals surface area contributed by atoms with Crippen molar-refractivity contribution in [1.29, 1.82) is 5.26 Å². The molecule has 0 aliphatic rings. The summed E-state index contributed by atoms with van der Waals surface area (Å²) in [5.41, 5.74) is 1.28. The van der Waals surface area contributed by atoms with Gasteiger partial charge in [0.2, 0.25) is 0 Å². The molecule has 0 bridgehead atoms. The largest absolute Gasteiger partial charge is 0.477 e. The lowest BCUT2D eigenvalue weighted by Crippen LogP contribution is -2.15. The minimum absolute atomic E-state index is 0.0502. The fourth-order valence-corrected chi connectivity index (χ4v) is 3.40. The van der Waals surface area contributed by atoms with Crippen molar-refractivity contribution >= 4 is 40.7 Å². The highest BCUT2D eigenvalue weighted by atomic mass is 32.1. The molecule has 0 saturated heterocycles. The number of rotatable bonds is 5. The van der Waals surface area contributed by atoms with E-state index < -0.39 is 11.5 Å². The number of aromatic nitrogens is 2. The normalized spacial score (nSPS) is 11.4. The first-order valence-corrected chi connectivity index (χ1v) is 9.61. The Bertz CT molecular complexity index is 1030. The zero-order chi connectivity index (χ0) is 20.6. The molecule has 2 heterocycles. The summed E-state index contributed by atoms with van der Waals surface area (Å²) in [6, 6.07) is 5.20. The van der Waals surface area contributed by atoms with E-state index in [9.17, 15) is 14.9 Å². The van der Waals surface area contributed by atoms with Crippen LogP contribution in [0.2, 0.25) is 0 Å². The third-order valence-electron chi connectivity index (χ3n) is 3.50. The summed E-state index contributed by atoms with van der Waals surface area (Å²) in [5, 5.41) is 18.3.